The van der Waals surface area contributed by atoms with Crippen molar-refractivity contribution in [1.82, 2.24) is 5.32 Å². The first-order valence-corrected chi connectivity index (χ1v) is 6.61. The number of hydrogen-bond acceptors (Lipinski definition) is 2. The van der Waals surface area contributed by atoms with Gasteiger partial charge < -0.3 is 5.32 Å². The van der Waals surface area contributed by atoms with E-state index in [9.17, 15) is 9.18 Å². The average Bonchev–Trinajstić information content (AvgIpc) is 2.46. The molecule has 0 aromatic heterocycles. The molecule has 0 aliphatic heterocycles. The first kappa shape index (κ1) is 14.2. The highest BCUT2D eigenvalue weighted by atomic mass is 79.9. The summed E-state index contributed by atoms with van der Waals surface area (Å²) in [4.78, 5) is 12.0. The van der Waals surface area contributed by atoms with Gasteiger partial charge in [0.1, 0.15) is 11.9 Å². The van der Waals surface area contributed by atoms with Crippen molar-refractivity contribution in [3.05, 3.63) is 69.9 Å². The summed E-state index contributed by atoms with van der Waals surface area (Å²) in [5.41, 5.74) is 0.995. The van der Waals surface area contributed by atoms with Gasteiger partial charge >= 0.3 is 0 Å². The molecule has 20 heavy (non-hydrogen) atoms. The Hall–Kier alpha value is -2.19. The quantitative estimate of drug-likeness (QED) is 0.933. The number of hydrogen-bond donors (Lipinski definition) is 1. The van der Waals surface area contributed by atoms with Crippen molar-refractivity contribution < 1.29 is 9.18 Å². The molecule has 5 heteroatoms. The van der Waals surface area contributed by atoms with E-state index in [4.69, 9.17) is 5.26 Å². The van der Waals surface area contributed by atoms with Crippen LogP contribution < -0.4 is 5.32 Å². The highest BCUT2D eigenvalue weighted by molar-refractivity contribution is 9.10. The molecule has 0 aliphatic rings. The molecule has 2 aromatic rings. The number of carbonyl (C=O) groups is 1. The Morgan fingerprint density at radius 2 is 1.75 bits per heavy atom. The highest BCUT2D eigenvalue weighted by Gasteiger charge is 2.15. The summed E-state index contributed by atoms with van der Waals surface area (Å²) < 4.78 is 13.7. The van der Waals surface area contributed by atoms with Crippen LogP contribution in [0.2, 0.25) is 0 Å². The van der Waals surface area contributed by atoms with Crippen LogP contribution in [0, 0.1) is 17.1 Å². The SMILES string of the molecule is N#C[C@@H](NC(=O)c1ccc(Br)cc1)c1ccc(F)cc1. The Kier molecular flexibility index (Phi) is 4.49. The number of amides is 1. The third-order valence-corrected chi connectivity index (χ3v) is 3.24. The van der Waals surface area contributed by atoms with Crippen molar-refractivity contribution in [2.45, 2.75) is 6.04 Å². The fraction of sp³-hybridized carbons (Fsp3) is 0.0667. The lowest BCUT2D eigenvalue weighted by Gasteiger charge is -2.12. The van der Waals surface area contributed by atoms with Crippen LogP contribution in [-0.4, -0.2) is 5.91 Å². The molecule has 0 spiro atoms. The zero-order valence-electron chi connectivity index (χ0n) is 10.3. The maximum absolute atomic E-state index is 12.8. The molecule has 100 valence electrons. The van der Waals surface area contributed by atoms with Crippen molar-refractivity contribution >= 4 is 21.8 Å². The minimum absolute atomic E-state index is 0.353. The van der Waals surface area contributed by atoms with Crippen LogP contribution in [0.3, 0.4) is 0 Å². The molecule has 0 saturated carbocycles. The molecule has 0 radical (unpaired) electrons. The predicted molar refractivity (Wildman–Crippen MR) is 76.4 cm³/mol. The lowest BCUT2D eigenvalue weighted by Crippen LogP contribution is -2.27. The minimum atomic E-state index is -0.813. The maximum Gasteiger partial charge on any atom is 0.252 e. The van der Waals surface area contributed by atoms with Gasteiger partial charge in [-0.05, 0) is 42.0 Å². The van der Waals surface area contributed by atoms with Crippen molar-refractivity contribution in [3.63, 3.8) is 0 Å². The molecule has 1 amide bonds. The largest absolute Gasteiger partial charge is 0.333 e. The third-order valence-electron chi connectivity index (χ3n) is 2.71. The van der Waals surface area contributed by atoms with Crippen LogP contribution in [-0.2, 0) is 0 Å². The van der Waals surface area contributed by atoms with Gasteiger partial charge in [0.2, 0.25) is 0 Å². The van der Waals surface area contributed by atoms with Crippen LogP contribution in [0.1, 0.15) is 22.0 Å². The number of carbonyl (C=O) groups excluding carboxylic acids is 1. The normalized spacial score (nSPS) is 11.4. The number of nitrogens with zero attached hydrogens (tertiary/aromatic N) is 1. The Morgan fingerprint density at radius 1 is 1.15 bits per heavy atom. The second-order valence-electron chi connectivity index (χ2n) is 4.09. The standard InChI is InChI=1S/C15H10BrFN2O/c16-12-5-1-11(2-6-12)15(20)19-14(9-18)10-3-7-13(17)8-4-10/h1-8,14H,(H,19,20)/t14-/m1/s1. The lowest BCUT2D eigenvalue weighted by molar-refractivity contribution is 0.0945. The minimum Gasteiger partial charge on any atom is -0.333 e. The molecule has 0 bridgehead atoms. The topological polar surface area (TPSA) is 52.9 Å². The summed E-state index contributed by atoms with van der Waals surface area (Å²) in [5, 5.41) is 11.7. The van der Waals surface area contributed by atoms with Gasteiger partial charge in [-0.1, -0.05) is 28.1 Å². The maximum atomic E-state index is 12.8. The van der Waals surface area contributed by atoms with Crippen LogP contribution in [0.25, 0.3) is 0 Å². The van der Waals surface area contributed by atoms with Gasteiger partial charge in [-0.3, -0.25) is 4.79 Å². The summed E-state index contributed by atoms with van der Waals surface area (Å²) >= 11 is 3.28. The van der Waals surface area contributed by atoms with E-state index in [2.05, 4.69) is 21.2 Å². The molecule has 0 aliphatic carbocycles. The van der Waals surface area contributed by atoms with E-state index in [1.54, 1.807) is 24.3 Å². The first-order chi connectivity index (χ1) is 9.60. The fourth-order valence-electron chi connectivity index (χ4n) is 1.66. The Bertz CT molecular complexity index is 647. The van der Waals surface area contributed by atoms with E-state index in [0.717, 1.165) is 4.47 Å². The van der Waals surface area contributed by atoms with Gasteiger partial charge in [0.25, 0.3) is 5.91 Å². The molecule has 1 atom stereocenters. The van der Waals surface area contributed by atoms with E-state index in [1.807, 2.05) is 6.07 Å². The highest BCUT2D eigenvalue weighted by Crippen LogP contribution is 2.15. The fourth-order valence-corrected chi connectivity index (χ4v) is 1.93. The Labute approximate surface area is 124 Å². The molecule has 1 N–H and O–H groups in total. The van der Waals surface area contributed by atoms with Gasteiger partial charge in [-0.15, -0.1) is 0 Å². The van der Waals surface area contributed by atoms with Crippen molar-refractivity contribution in [2.24, 2.45) is 0 Å². The Balaban J connectivity index is 2.14. The molecule has 0 heterocycles. The van der Waals surface area contributed by atoms with Crippen LogP contribution in [0.15, 0.2) is 53.0 Å². The van der Waals surface area contributed by atoms with E-state index < -0.39 is 6.04 Å². The average molecular weight is 333 g/mol. The zero-order chi connectivity index (χ0) is 14.5. The third kappa shape index (κ3) is 3.43. The predicted octanol–water partition coefficient (Wildman–Crippen LogP) is 3.58. The number of nitrogens with one attached hydrogen (secondary N) is 1. The molecule has 0 fully saturated rings. The van der Waals surface area contributed by atoms with E-state index in [1.165, 1.54) is 24.3 Å². The molecular formula is C15H10BrFN2O. The summed E-state index contributed by atoms with van der Waals surface area (Å²) in [6, 6.07) is 13.4. The van der Waals surface area contributed by atoms with Crippen molar-refractivity contribution in [3.8, 4) is 6.07 Å². The molecule has 0 unspecified atom stereocenters. The smallest absolute Gasteiger partial charge is 0.252 e. The molecular weight excluding hydrogens is 323 g/mol. The number of halogens is 2. The zero-order valence-corrected chi connectivity index (χ0v) is 11.9. The number of nitriles is 1. The Morgan fingerprint density at radius 3 is 2.30 bits per heavy atom. The lowest BCUT2D eigenvalue weighted by atomic mass is 10.1. The summed E-state index contributed by atoms with van der Waals surface area (Å²) in [6.45, 7) is 0. The van der Waals surface area contributed by atoms with Crippen LogP contribution >= 0.6 is 15.9 Å². The second-order valence-corrected chi connectivity index (χ2v) is 5.01. The molecule has 2 rings (SSSR count). The van der Waals surface area contributed by atoms with Gasteiger partial charge in [-0.25, -0.2) is 4.39 Å². The second kappa shape index (κ2) is 6.31. The summed E-state index contributed by atoms with van der Waals surface area (Å²) in [7, 11) is 0. The number of benzene rings is 2. The number of rotatable bonds is 3. The van der Waals surface area contributed by atoms with E-state index >= 15 is 0 Å². The van der Waals surface area contributed by atoms with E-state index in [-0.39, 0.29) is 11.7 Å². The van der Waals surface area contributed by atoms with Gasteiger partial charge in [-0.2, -0.15) is 5.26 Å². The molecule has 0 saturated heterocycles. The van der Waals surface area contributed by atoms with Crippen LogP contribution in [0.4, 0.5) is 4.39 Å². The summed E-state index contributed by atoms with van der Waals surface area (Å²) in [5.74, 6) is -0.738. The van der Waals surface area contributed by atoms with Crippen LogP contribution in [0.5, 0.6) is 0 Å². The van der Waals surface area contributed by atoms with Gasteiger partial charge in [0.15, 0.2) is 0 Å². The van der Waals surface area contributed by atoms with Crippen molar-refractivity contribution in [1.29, 1.82) is 5.26 Å². The van der Waals surface area contributed by atoms with Crippen molar-refractivity contribution in [2.75, 3.05) is 0 Å². The van der Waals surface area contributed by atoms with Gasteiger partial charge in [0.05, 0.1) is 6.07 Å². The summed E-state index contributed by atoms with van der Waals surface area (Å²) in [6.07, 6.45) is 0. The van der Waals surface area contributed by atoms with Gasteiger partial charge in [0, 0.05) is 10.0 Å². The van der Waals surface area contributed by atoms with E-state index in [0.29, 0.717) is 11.1 Å². The monoisotopic (exact) mass is 332 g/mol. The molecule has 3 nitrogen and oxygen atoms in total. The molecule has 2 aromatic carbocycles. The first-order valence-electron chi connectivity index (χ1n) is 5.81.